The van der Waals surface area contributed by atoms with Crippen molar-refractivity contribution in [1.82, 2.24) is 4.90 Å². The van der Waals surface area contributed by atoms with Crippen LogP contribution in [-0.4, -0.2) is 28.0 Å². The Hall–Kier alpha value is -0.740. The molecule has 1 saturated heterocycles. The van der Waals surface area contributed by atoms with Crippen molar-refractivity contribution in [2.24, 2.45) is 5.73 Å². The molecule has 13 heavy (non-hydrogen) atoms. The van der Waals surface area contributed by atoms with Crippen LogP contribution in [0.5, 0.6) is 0 Å². The third-order valence-electron chi connectivity index (χ3n) is 2.57. The number of allylic oxidation sites excluding steroid dienone is 2. The summed E-state index contributed by atoms with van der Waals surface area (Å²) in [6.07, 6.45) is 1.82. The zero-order chi connectivity index (χ0) is 9.59. The van der Waals surface area contributed by atoms with Gasteiger partial charge in [0.25, 0.3) is 0 Å². The van der Waals surface area contributed by atoms with Crippen LogP contribution >= 0.6 is 11.8 Å². The fourth-order valence-electron chi connectivity index (χ4n) is 1.66. The average Bonchev–Trinajstić information content (AvgIpc) is 2.16. The third-order valence-corrected chi connectivity index (χ3v) is 3.89. The lowest BCUT2D eigenvalue weighted by Crippen LogP contribution is -2.67. The van der Waals surface area contributed by atoms with E-state index >= 15 is 0 Å². The molecule has 0 aromatic heterocycles. The lowest BCUT2D eigenvalue weighted by atomic mass is 10.0. The first-order valence-electron chi connectivity index (χ1n) is 4.19. The van der Waals surface area contributed by atoms with Gasteiger partial charge in [-0.25, -0.2) is 0 Å². The largest absolute Gasteiger partial charge is 0.317 e. The summed E-state index contributed by atoms with van der Waals surface area (Å²) in [6, 6.07) is -0.300. The fourth-order valence-corrected chi connectivity index (χ4v) is 3.07. The molecule has 0 saturated carbocycles. The van der Waals surface area contributed by atoms with E-state index in [9.17, 15) is 4.79 Å². The molecule has 2 aliphatic heterocycles. The average molecular weight is 196 g/mol. The molecule has 2 heterocycles. The molecule has 1 fully saturated rings. The van der Waals surface area contributed by atoms with Crippen molar-refractivity contribution in [3.8, 4) is 0 Å². The molecule has 2 atom stereocenters. The van der Waals surface area contributed by atoms with Gasteiger partial charge in [0.1, 0.15) is 11.4 Å². The van der Waals surface area contributed by atoms with Gasteiger partial charge < -0.3 is 10.6 Å². The van der Waals surface area contributed by atoms with Gasteiger partial charge in [0, 0.05) is 11.4 Å². The topological polar surface area (TPSA) is 46.3 Å². The molecule has 2 aliphatic rings. The molecule has 1 amide bonds. The van der Waals surface area contributed by atoms with Crippen molar-refractivity contribution in [3.05, 3.63) is 23.9 Å². The number of carbonyl (C=O) groups excluding carboxylic acids is 1. The molecule has 0 radical (unpaired) electrons. The number of carbonyl (C=O) groups is 1. The zero-order valence-electron chi connectivity index (χ0n) is 7.49. The normalized spacial score (nSPS) is 32.8. The Morgan fingerprint density at radius 3 is 3.08 bits per heavy atom. The summed E-state index contributed by atoms with van der Waals surface area (Å²) < 4.78 is 0. The second-order valence-electron chi connectivity index (χ2n) is 3.25. The number of rotatable bonds is 1. The quantitative estimate of drug-likeness (QED) is 0.628. The van der Waals surface area contributed by atoms with Crippen molar-refractivity contribution in [2.45, 2.75) is 18.3 Å². The molecule has 0 aromatic rings. The molecular formula is C9H12N2OS. The minimum absolute atomic E-state index is 0.0362. The van der Waals surface area contributed by atoms with E-state index in [4.69, 9.17) is 5.73 Å². The van der Waals surface area contributed by atoms with E-state index in [0.717, 1.165) is 17.0 Å². The van der Waals surface area contributed by atoms with Crippen LogP contribution in [0, 0.1) is 0 Å². The minimum Gasteiger partial charge on any atom is -0.317 e. The van der Waals surface area contributed by atoms with Gasteiger partial charge in [0.2, 0.25) is 5.91 Å². The lowest BCUT2D eigenvalue weighted by Gasteiger charge is -2.48. The highest BCUT2D eigenvalue weighted by Gasteiger charge is 2.48. The van der Waals surface area contributed by atoms with Crippen LogP contribution in [0.3, 0.4) is 0 Å². The summed E-state index contributed by atoms with van der Waals surface area (Å²) in [5, 5.41) is 0.163. The van der Waals surface area contributed by atoms with E-state index in [2.05, 4.69) is 6.58 Å². The van der Waals surface area contributed by atoms with Gasteiger partial charge in [-0.3, -0.25) is 4.79 Å². The Bertz CT molecular complexity index is 311. The summed E-state index contributed by atoms with van der Waals surface area (Å²) in [5.41, 5.74) is 7.82. The number of hydrogen-bond donors (Lipinski definition) is 1. The van der Waals surface area contributed by atoms with Crippen LogP contribution in [0.1, 0.15) is 6.92 Å². The summed E-state index contributed by atoms with van der Waals surface area (Å²) in [7, 11) is 0. The number of thioether (sulfide) groups is 1. The summed E-state index contributed by atoms with van der Waals surface area (Å²) >= 11 is 1.71. The van der Waals surface area contributed by atoms with Crippen LogP contribution in [0.2, 0.25) is 0 Å². The number of hydrogen-bond acceptors (Lipinski definition) is 3. The predicted octanol–water partition coefficient (Wildman–Crippen LogP) is 0.689. The van der Waals surface area contributed by atoms with E-state index in [1.54, 1.807) is 16.7 Å². The van der Waals surface area contributed by atoms with Gasteiger partial charge in [-0.1, -0.05) is 12.7 Å². The van der Waals surface area contributed by atoms with Crippen LogP contribution < -0.4 is 5.73 Å². The first kappa shape index (κ1) is 8.84. The standard InChI is InChI=1S/C9H12N2OS/c1-3-6-4-13-9-7(10)8(12)11(9)5(6)2/h3,7,9H,1,4,10H2,2H3/t7-,9-/m1/s1. The monoisotopic (exact) mass is 196 g/mol. The molecule has 2 rings (SSSR count). The maximum Gasteiger partial charge on any atom is 0.247 e. The van der Waals surface area contributed by atoms with E-state index in [0.29, 0.717) is 0 Å². The van der Waals surface area contributed by atoms with Gasteiger partial charge in [0.05, 0.1) is 0 Å². The highest BCUT2D eigenvalue weighted by molar-refractivity contribution is 8.00. The van der Waals surface area contributed by atoms with Crippen LogP contribution in [-0.2, 0) is 4.79 Å². The number of nitrogens with two attached hydrogens (primary N) is 1. The molecule has 0 aliphatic carbocycles. The summed E-state index contributed by atoms with van der Waals surface area (Å²) in [6.45, 7) is 5.67. The van der Waals surface area contributed by atoms with Crippen molar-refractivity contribution in [1.29, 1.82) is 0 Å². The second kappa shape index (κ2) is 2.89. The number of fused-ring (bicyclic) bond motifs is 1. The van der Waals surface area contributed by atoms with Gasteiger partial charge in [-0.2, -0.15) is 0 Å². The Labute approximate surface area is 81.7 Å². The Morgan fingerprint density at radius 1 is 1.77 bits per heavy atom. The maximum atomic E-state index is 11.4. The molecule has 0 spiro atoms. The van der Waals surface area contributed by atoms with Gasteiger partial charge in [-0.05, 0) is 12.5 Å². The first-order valence-corrected chi connectivity index (χ1v) is 5.24. The fraction of sp³-hybridized carbons (Fsp3) is 0.444. The first-order chi connectivity index (χ1) is 6.16. The SMILES string of the molecule is C=CC1=C(C)N2C(=O)[C@@H](N)[C@H]2SC1. The number of nitrogens with zero attached hydrogens (tertiary/aromatic N) is 1. The predicted molar refractivity (Wildman–Crippen MR) is 54.0 cm³/mol. The Balaban J connectivity index is 2.31. The second-order valence-corrected chi connectivity index (χ2v) is 4.36. The smallest absolute Gasteiger partial charge is 0.247 e. The molecular weight excluding hydrogens is 184 g/mol. The van der Waals surface area contributed by atoms with Crippen molar-refractivity contribution in [2.75, 3.05) is 5.75 Å². The van der Waals surface area contributed by atoms with Crippen molar-refractivity contribution in [3.63, 3.8) is 0 Å². The van der Waals surface area contributed by atoms with Gasteiger partial charge in [-0.15, -0.1) is 11.8 Å². The minimum atomic E-state index is -0.300. The molecule has 4 heteroatoms. The molecule has 0 unspecified atom stereocenters. The van der Waals surface area contributed by atoms with Gasteiger partial charge >= 0.3 is 0 Å². The Kier molecular flexibility index (Phi) is 1.96. The number of β-lactam (4-membered cyclic amide) rings is 1. The van der Waals surface area contributed by atoms with E-state index in [-0.39, 0.29) is 17.3 Å². The molecule has 3 nitrogen and oxygen atoms in total. The van der Waals surface area contributed by atoms with Gasteiger partial charge in [0.15, 0.2) is 0 Å². The van der Waals surface area contributed by atoms with Crippen molar-refractivity contribution < 1.29 is 4.79 Å². The molecule has 0 bridgehead atoms. The zero-order valence-corrected chi connectivity index (χ0v) is 8.30. The summed E-state index contributed by atoms with van der Waals surface area (Å²) in [4.78, 5) is 13.2. The highest BCUT2D eigenvalue weighted by Crippen LogP contribution is 2.38. The number of amides is 1. The van der Waals surface area contributed by atoms with E-state index in [1.807, 2.05) is 13.0 Å². The van der Waals surface area contributed by atoms with Crippen LogP contribution in [0.4, 0.5) is 0 Å². The third kappa shape index (κ3) is 1.05. The molecule has 0 aromatic carbocycles. The van der Waals surface area contributed by atoms with Crippen LogP contribution in [0.25, 0.3) is 0 Å². The Morgan fingerprint density at radius 2 is 2.46 bits per heavy atom. The lowest BCUT2D eigenvalue weighted by molar-refractivity contribution is -0.141. The van der Waals surface area contributed by atoms with Crippen molar-refractivity contribution >= 4 is 17.7 Å². The molecule has 2 N–H and O–H groups in total. The molecule has 70 valence electrons. The maximum absolute atomic E-state index is 11.4. The van der Waals surface area contributed by atoms with E-state index in [1.165, 1.54) is 0 Å². The van der Waals surface area contributed by atoms with E-state index < -0.39 is 0 Å². The summed E-state index contributed by atoms with van der Waals surface area (Å²) in [5.74, 6) is 0.950. The highest BCUT2D eigenvalue weighted by atomic mass is 32.2. The van der Waals surface area contributed by atoms with Crippen LogP contribution in [0.15, 0.2) is 23.9 Å².